The van der Waals surface area contributed by atoms with Gasteiger partial charge in [0.15, 0.2) is 5.69 Å². The molecule has 0 spiro atoms. The first-order valence-electron chi connectivity index (χ1n) is 11.1. The summed E-state index contributed by atoms with van der Waals surface area (Å²) >= 11 is 1.64. The van der Waals surface area contributed by atoms with Gasteiger partial charge in [-0.3, -0.25) is 9.59 Å². The van der Waals surface area contributed by atoms with Gasteiger partial charge in [-0.25, -0.2) is 9.67 Å². The molecule has 35 heavy (non-hydrogen) atoms. The van der Waals surface area contributed by atoms with E-state index in [1.807, 2.05) is 24.3 Å². The molecule has 1 saturated heterocycles. The van der Waals surface area contributed by atoms with Gasteiger partial charge in [-0.05, 0) is 44.0 Å². The van der Waals surface area contributed by atoms with Gasteiger partial charge >= 0.3 is 6.18 Å². The van der Waals surface area contributed by atoms with Gasteiger partial charge in [-0.1, -0.05) is 24.3 Å². The summed E-state index contributed by atoms with van der Waals surface area (Å²) in [5, 5.41) is 5.13. The number of para-hydroxylation sites is 2. The molecule has 0 N–H and O–H groups in total. The monoisotopic (exact) mass is 498 g/mol. The fourth-order valence-corrected chi connectivity index (χ4v) is 5.52. The van der Waals surface area contributed by atoms with Crippen molar-refractivity contribution >= 4 is 27.5 Å². The van der Waals surface area contributed by atoms with Crippen molar-refractivity contribution in [3.8, 4) is 5.69 Å². The number of piperidine rings is 1. The summed E-state index contributed by atoms with van der Waals surface area (Å²) in [6.07, 6.45) is -3.24. The lowest BCUT2D eigenvalue weighted by Crippen LogP contribution is -2.41. The van der Waals surface area contributed by atoms with Gasteiger partial charge in [0, 0.05) is 30.8 Å². The molecule has 1 amide bonds. The number of hydrogen-bond donors (Lipinski definition) is 0. The lowest BCUT2D eigenvalue weighted by molar-refractivity contribution is -0.137. The van der Waals surface area contributed by atoms with Crippen molar-refractivity contribution in [3.05, 3.63) is 86.8 Å². The molecule has 0 radical (unpaired) electrons. The second-order valence-corrected chi connectivity index (χ2v) is 9.57. The molecule has 2 aromatic heterocycles. The van der Waals surface area contributed by atoms with Gasteiger partial charge in [0.25, 0.3) is 5.91 Å². The molecule has 1 aliphatic rings. The molecule has 1 aliphatic heterocycles. The Hall–Kier alpha value is -3.53. The largest absolute Gasteiger partial charge is 0.418 e. The summed E-state index contributed by atoms with van der Waals surface area (Å²) in [5.41, 5.74) is -0.963. The van der Waals surface area contributed by atoms with Crippen molar-refractivity contribution in [2.24, 2.45) is 0 Å². The summed E-state index contributed by atoms with van der Waals surface area (Å²) in [7, 11) is 0. The number of alkyl halides is 3. The number of benzene rings is 2. The zero-order valence-electron chi connectivity index (χ0n) is 18.7. The van der Waals surface area contributed by atoms with Crippen LogP contribution in [-0.4, -0.2) is 38.7 Å². The Morgan fingerprint density at radius 2 is 1.74 bits per heavy atom. The zero-order valence-corrected chi connectivity index (χ0v) is 19.6. The van der Waals surface area contributed by atoms with E-state index in [0.717, 1.165) is 32.0 Å². The van der Waals surface area contributed by atoms with E-state index < -0.39 is 23.1 Å². The minimum atomic E-state index is -4.61. The van der Waals surface area contributed by atoms with Crippen LogP contribution in [0.4, 0.5) is 13.2 Å². The number of aryl methyl sites for hydroxylation is 1. The third-order valence-electron chi connectivity index (χ3n) is 6.19. The van der Waals surface area contributed by atoms with E-state index in [2.05, 4.69) is 5.10 Å². The van der Waals surface area contributed by atoms with Crippen LogP contribution in [0, 0.1) is 6.92 Å². The van der Waals surface area contributed by atoms with Gasteiger partial charge in [0.2, 0.25) is 5.43 Å². The van der Waals surface area contributed by atoms with E-state index in [1.165, 1.54) is 25.1 Å². The topological polar surface area (TPSA) is 68.1 Å². The van der Waals surface area contributed by atoms with Gasteiger partial charge in [-0.15, -0.1) is 11.3 Å². The first kappa shape index (κ1) is 23.2. The number of likely N-dealkylation sites (tertiary alicyclic amines) is 1. The molecule has 0 aliphatic carbocycles. The van der Waals surface area contributed by atoms with Crippen LogP contribution < -0.4 is 5.43 Å². The predicted molar refractivity (Wildman–Crippen MR) is 127 cm³/mol. The molecule has 6 nitrogen and oxygen atoms in total. The Labute approximate surface area is 202 Å². The molecule has 0 saturated carbocycles. The third kappa shape index (κ3) is 4.45. The second kappa shape index (κ2) is 8.92. The Balaban J connectivity index is 1.39. The summed E-state index contributed by atoms with van der Waals surface area (Å²) in [6, 6.07) is 14.0. The average molecular weight is 499 g/mol. The molecule has 10 heteroatoms. The number of amides is 1. The van der Waals surface area contributed by atoms with Crippen LogP contribution in [0.1, 0.15) is 45.5 Å². The predicted octanol–water partition coefficient (Wildman–Crippen LogP) is 5.19. The van der Waals surface area contributed by atoms with Gasteiger partial charge in [-0.2, -0.15) is 18.3 Å². The quantitative estimate of drug-likeness (QED) is 0.390. The fraction of sp³-hybridized carbons (Fsp3) is 0.280. The van der Waals surface area contributed by atoms with Crippen molar-refractivity contribution in [2.45, 2.75) is 31.9 Å². The molecule has 2 aromatic carbocycles. The highest BCUT2D eigenvalue weighted by Crippen LogP contribution is 2.35. The molecule has 0 bridgehead atoms. The molecule has 4 aromatic rings. The van der Waals surface area contributed by atoms with Crippen LogP contribution in [0.2, 0.25) is 0 Å². The molecule has 180 valence electrons. The van der Waals surface area contributed by atoms with Gasteiger partial charge < -0.3 is 4.90 Å². The Morgan fingerprint density at radius 3 is 2.46 bits per heavy atom. The summed E-state index contributed by atoms with van der Waals surface area (Å²) < 4.78 is 42.8. The van der Waals surface area contributed by atoms with Crippen LogP contribution >= 0.6 is 11.3 Å². The molecule has 5 rings (SSSR count). The maximum absolute atomic E-state index is 13.6. The maximum Gasteiger partial charge on any atom is 0.418 e. The maximum atomic E-state index is 13.6. The minimum Gasteiger partial charge on any atom is -0.337 e. The summed E-state index contributed by atoms with van der Waals surface area (Å²) in [6.45, 7) is 2.31. The van der Waals surface area contributed by atoms with E-state index >= 15 is 0 Å². The van der Waals surface area contributed by atoms with E-state index in [-0.39, 0.29) is 23.0 Å². The van der Waals surface area contributed by atoms with Crippen LogP contribution in [0.5, 0.6) is 0 Å². The Morgan fingerprint density at radius 1 is 1.06 bits per heavy atom. The standard InChI is InChI=1S/C25H21F3N4O2S/c1-15-14-20(33)22(30-32(15)19-8-4-2-6-17(19)25(26,27)28)24(34)31-12-10-16(11-13-31)23-29-18-7-3-5-9-21(18)35-23/h2-9,14,16H,10-13H2,1H3. The van der Waals surface area contributed by atoms with Crippen LogP contribution in [0.25, 0.3) is 15.9 Å². The van der Waals surface area contributed by atoms with Crippen LogP contribution in [0.15, 0.2) is 59.4 Å². The number of fused-ring (bicyclic) bond motifs is 1. The first-order chi connectivity index (χ1) is 16.7. The molecule has 1 fully saturated rings. The minimum absolute atomic E-state index is 0.206. The number of carbonyl (C=O) groups excluding carboxylic acids is 1. The Kier molecular flexibility index (Phi) is 5.92. The zero-order chi connectivity index (χ0) is 24.7. The van der Waals surface area contributed by atoms with E-state index in [1.54, 1.807) is 16.2 Å². The lowest BCUT2D eigenvalue weighted by atomic mass is 9.97. The third-order valence-corrected chi connectivity index (χ3v) is 7.39. The highest BCUT2D eigenvalue weighted by Gasteiger charge is 2.35. The normalized spacial score (nSPS) is 15.0. The van der Waals surface area contributed by atoms with Gasteiger partial charge in [0.1, 0.15) is 0 Å². The Bertz CT molecular complexity index is 1440. The molecule has 0 unspecified atom stereocenters. The number of thiazole rings is 1. The van der Waals surface area contributed by atoms with E-state index in [9.17, 15) is 22.8 Å². The number of nitrogens with zero attached hydrogens (tertiary/aromatic N) is 4. The lowest BCUT2D eigenvalue weighted by Gasteiger charge is -2.30. The van der Waals surface area contributed by atoms with Crippen molar-refractivity contribution in [1.82, 2.24) is 19.7 Å². The van der Waals surface area contributed by atoms with Crippen LogP contribution in [-0.2, 0) is 6.18 Å². The van der Waals surface area contributed by atoms with Crippen LogP contribution in [0.3, 0.4) is 0 Å². The molecular weight excluding hydrogens is 477 g/mol. The van der Waals surface area contributed by atoms with E-state index in [0.29, 0.717) is 25.9 Å². The number of rotatable bonds is 3. The SMILES string of the molecule is Cc1cc(=O)c(C(=O)N2CCC(c3nc4ccccc4s3)CC2)nn1-c1ccccc1C(F)(F)F. The first-order valence-corrected chi connectivity index (χ1v) is 12.0. The smallest absolute Gasteiger partial charge is 0.337 e. The number of hydrogen-bond acceptors (Lipinski definition) is 5. The molecular formula is C25H21F3N4O2S. The number of carbonyl (C=O) groups is 1. The molecule has 0 atom stereocenters. The fourth-order valence-electron chi connectivity index (χ4n) is 4.38. The second-order valence-electron chi connectivity index (χ2n) is 8.51. The molecule has 3 heterocycles. The van der Waals surface area contributed by atoms with Crippen molar-refractivity contribution < 1.29 is 18.0 Å². The highest BCUT2D eigenvalue weighted by atomic mass is 32.1. The average Bonchev–Trinajstić information content (AvgIpc) is 3.28. The summed E-state index contributed by atoms with van der Waals surface area (Å²) in [4.78, 5) is 32.1. The van der Waals surface area contributed by atoms with Crippen molar-refractivity contribution in [3.63, 3.8) is 0 Å². The number of halogens is 3. The van der Waals surface area contributed by atoms with Gasteiger partial charge in [0.05, 0.1) is 26.5 Å². The summed E-state index contributed by atoms with van der Waals surface area (Å²) in [5.74, 6) is -0.367. The van der Waals surface area contributed by atoms with Crippen molar-refractivity contribution in [1.29, 1.82) is 0 Å². The van der Waals surface area contributed by atoms with Crippen molar-refractivity contribution in [2.75, 3.05) is 13.1 Å². The van der Waals surface area contributed by atoms with E-state index in [4.69, 9.17) is 4.98 Å². The highest BCUT2D eigenvalue weighted by molar-refractivity contribution is 7.18. The number of aromatic nitrogens is 3.